The summed E-state index contributed by atoms with van der Waals surface area (Å²) in [6.07, 6.45) is 2.21. The molecule has 5 nitrogen and oxygen atoms in total. The third-order valence-electron chi connectivity index (χ3n) is 2.77. The van der Waals surface area contributed by atoms with Crippen molar-refractivity contribution in [2.24, 2.45) is 0 Å². The van der Waals surface area contributed by atoms with Gasteiger partial charge in [-0.2, -0.15) is 4.98 Å². The Balaban J connectivity index is 2.10. The smallest absolute Gasteiger partial charge is 0.318 e. The van der Waals surface area contributed by atoms with Gasteiger partial charge < -0.3 is 15.4 Å². The highest BCUT2D eigenvalue weighted by molar-refractivity contribution is 5.61. The van der Waals surface area contributed by atoms with E-state index < -0.39 is 13.0 Å². The first-order chi connectivity index (χ1) is 8.66. The van der Waals surface area contributed by atoms with Crippen molar-refractivity contribution in [3.63, 3.8) is 0 Å². The number of alkyl halides is 2. The normalized spacial score (nSPS) is 16.1. The molecule has 0 bridgehead atoms. The number of anilines is 2. The predicted octanol–water partition coefficient (Wildman–Crippen LogP) is 1.69. The van der Waals surface area contributed by atoms with Gasteiger partial charge >= 0.3 is 6.01 Å². The van der Waals surface area contributed by atoms with Crippen LogP contribution in [0.2, 0.25) is 0 Å². The van der Waals surface area contributed by atoms with E-state index in [-0.39, 0.29) is 6.01 Å². The summed E-state index contributed by atoms with van der Waals surface area (Å²) in [5.41, 5.74) is 6.25. The standard InChI is InChI=1S/C11H16F2N4O/c12-9(13)7-18-11-15-6-8(14)10(16-11)17-4-2-1-3-5-17/h6,9H,1-5,7,14H2. The van der Waals surface area contributed by atoms with Crippen LogP contribution in [0.4, 0.5) is 20.3 Å². The van der Waals surface area contributed by atoms with Crippen LogP contribution in [0.25, 0.3) is 0 Å². The molecule has 1 fully saturated rings. The Labute approximate surface area is 104 Å². The molecular formula is C11H16F2N4O. The van der Waals surface area contributed by atoms with Crippen molar-refractivity contribution in [2.45, 2.75) is 25.7 Å². The van der Waals surface area contributed by atoms with Crippen LogP contribution < -0.4 is 15.4 Å². The number of ether oxygens (including phenoxy) is 1. The zero-order chi connectivity index (χ0) is 13.0. The number of aromatic nitrogens is 2. The van der Waals surface area contributed by atoms with Gasteiger partial charge in [-0.15, -0.1) is 0 Å². The Morgan fingerprint density at radius 3 is 2.72 bits per heavy atom. The molecule has 0 aliphatic carbocycles. The van der Waals surface area contributed by atoms with Gasteiger partial charge in [-0.3, -0.25) is 0 Å². The topological polar surface area (TPSA) is 64.3 Å². The lowest BCUT2D eigenvalue weighted by molar-refractivity contribution is 0.0771. The Morgan fingerprint density at radius 2 is 2.06 bits per heavy atom. The number of nitrogens with two attached hydrogens (primary N) is 1. The minimum Gasteiger partial charge on any atom is -0.457 e. The van der Waals surface area contributed by atoms with Crippen molar-refractivity contribution in [1.29, 1.82) is 0 Å². The summed E-state index contributed by atoms with van der Waals surface area (Å²) in [5.74, 6) is 0.578. The van der Waals surface area contributed by atoms with Gasteiger partial charge in [0.25, 0.3) is 6.43 Å². The number of hydrogen-bond acceptors (Lipinski definition) is 5. The molecule has 0 spiro atoms. The SMILES string of the molecule is Nc1cnc(OCC(F)F)nc1N1CCCCC1. The van der Waals surface area contributed by atoms with Crippen LogP contribution in [-0.2, 0) is 0 Å². The second kappa shape index (κ2) is 5.79. The van der Waals surface area contributed by atoms with Gasteiger partial charge in [0.1, 0.15) is 0 Å². The number of nitrogen functional groups attached to an aromatic ring is 1. The van der Waals surface area contributed by atoms with Crippen LogP contribution in [0.5, 0.6) is 6.01 Å². The molecule has 7 heteroatoms. The molecule has 1 aliphatic rings. The van der Waals surface area contributed by atoms with E-state index in [9.17, 15) is 8.78 Å². The number of nitrogens with zero attached hydrogens (tertiary/aromatic N) is 3. The Morgan fingerprint density at radius 1 is 1.33 bits per heavy atom. The Kier molecular flexibility index (Phi) is 4.11. The number of rotatable bonds is 4. The molecule has 0 saturated carbocycles. The maximum absolute atomic E-state index is 12.0. The molecule has 2 N–H and O–H groups in total. The minimum absolute atomic E-state index is 0.0509. The fraction of sp³-hybridized carbons (Fsp3) is 0.636. The fourth-order valence-electron chi connectivity index (χ4n) is 1.93. The molecule has 0 atom stereocenters. The largest absolute Gasteiger partial charge is 0.457 e. The molecule has 0 amide bonds. The van der Waals surface area contributed by atoms with Crippen LogP contribution in [-0.4, -0.2) is 36.1 Å². The Hall–Kier alpha value is -1.66. The maximum Gasteiger partial charge on any atom is 0.318 e. The van der Waals surface area contributed by atoms with Crippen molar-refractivity contribution >= 4 is 11.5 Å². The summed E-state index contributed by atoms with van der Waals surface area (Å²) in [6, 6.07) is -0.0509. The first kappa shape index (κ1) is 12.8. The number of hydrogen-bond donors (Lipinski definition) is 1. The highest BCUT2D eigenvalue weighted by atomic mass is 19.3. The summed E-state index contributed by atoms with van der Waals surface area (Å²) in [7, 11) is 0. The van der Waals surface area contributed by atoms with Gasteiger partial charge in [-0.1, -0.05) is 0 Å². The first-order valence-electron chi connectivity index (χ1n) is 5.95. The fourth-order valence-corrected chi connectivity index (χ4v) is 1.93. The molecule has 0 unspecified atom stereocenters. The van der Waals surface area contributed by atoms with E-state index in [2.05, 4.69) is 9.97 Å². The summed E-state index contributed by atoms with van der Waals surface area (Å²) in [4.78, 5) is 9.93. The molecule has 0 aromatic carbocycles. The molecule has 100 valence electrons. The quantitative estimate of drug-likeness (QED) is 0.890. The molecule has 1 saturated heterocycles. The average molecular weight is 258 g/mol. The molecule has 0 radical (unpaired) electrons. The predicted molar refractivity (Wildman–Crippen MR) is 64.0 cm³/mol. The number of piperidine rings is 1. The van der Waals surface area contributed by atoms with E-state index in [0.29, 0.717) is 11.5 Å². The number of halogens is 2. The van der Waals surface area contributed by atoms with Gasteiger partial charge in [0, 0.05) is 13.1 Å². The van der Waals surface area contributed by atoms with Crippen molar-refractivity contribution in [1.82, 2.24) is 9.97 Å². The lowest BCUT2D eigenvalue weighted by Gasteiger charge is -2.28. The third-order valence-corrected chi connectivity index (χ3v) is 2.77. The molecule has 1 aliphatic heterocycles. The van der Waals surface area contributed by atoms with E-state index in [1.807, 2.05) is 4.90 Å². The van der Waals surface area contributed by atoms with Crippen LogP contribution in [0, 0.1) is 0 Å². The van der Waals surface area contributed by atoms with Crippen LogP contribution in [0.1, 0.15) is 19.3 Å². The van der Waals surface area contributed by atoms with Crippen LogP contribution in [0.15, 0.2) is 6.20 Å². The summed E-state index contributed by atoms with van der Waals surface area (Å²) in [6.45, 7) is 1.04. The van der Waals surface area contributed by atoms with Crippen molar-refractivity contribution in [2.75, 3.05) is 30.3 Å². The molecule has 1 aromatic heterocycles. The van der Waals surface area contributed by atoms with Gasteiger partial charge in [0.05, 0.1) is 11.9 Å². The van der Waals surface area contributed by atoms with E-state index in [4.69, 9.17) is 10.5 Å². The lowest BCUT2D eigenvalue weighted by Crippen LogP contribution is -2.31. The highest BCUT2D eigenvalue weighted by Gasteiger charge is 2.16. The molecule has 2 heterocycles. The molecule has 18 heavy (non-hydrogen) atoms. The van der Waals surface area contributed by atoms with E-state index in [1.54, 1.807) is 0 Å². The second-order valence-electron chi connectivity index (χ2n) is 4.18. The summed E-state index contributed by atoms with van der Waals surface area (Å²) >= 11 is 0. The van der Waals surface area contributed by atoms with Gasteiger partial charge in [0.2, 0.25) is 0 Å². The molecular weight excluding hydrogens is 242 g/mol. The van der Waals surface area contributed by atoms with E-state index in [0.717, 1.165) is 25.9 Å². The molecule has 1 aromatic rings. The van der Waals surface area contributed by atoms with Gasteiger partial charge in [-0.05, 0) is 19.3 Å². The van der Waals surface area contributed by atoms with Crippen LogP contribution >= 0.6 is 0 Å². The monoisotopic (exact) mass is 258 g/mol. The zero-order valence-corrected chi connectivity index (χ0v) is 9.98. The first-order valence-corrected chi connectivity index (χ1v) is 5.95. The maximum atomic E-state index is 12.0. The van der Waals surface area contributed by atoms with E-state index in [1.165, 1.54) is 12.6 Å². The third kappa shape index (κ3) is 3.18. The van der Waals surface area contributed by atoms with Crippen LogP contribution in [0.3, 0.4) is 0 Å². The van der Waals surface area contributed by atoms with Crippen molar-refractivity contribution < 1.29 is 13.5 Å². The van der Waals surface area contributed by atoms with E-state index >= 15 is 0 Å². The minimum atomic E-state index is -2.54. The Bertz CT molecular complexity index is 397. The molecule has 2 rings (SSSR count). The van der Waals surface area contributed by atoms with Crippen molar-refractivity contribution in [3.8, 4) is 6.01 Å². The summed E-state index contributed by atoms with van der Waals surface area (Å²) in [5, 5.41) is 0. The van der Waals surface area contributed by atoms with Gasteiger partial charge in [0.15, 0.2) is 12.4 Å². The lowest BCUT2D eigenvalue weighted by atomic mass is 10.1. The summed E-state index contributed by atoms with van der Waals surface area (Å²) < 4.78 is 28.9. The van der Waals surface area contributed by atoms with Crippen molar-refractivity contribution in [3.05, 3.63) is 6.20 Å². The average Bonchev–Trinajstić information content (AvgIpc) is 2.38. The van der Waals surface area contributed by atoms with Gasteiger partial charge in [-0.25, -0.2) is 13.8 Å². The highest BCUT2D eigenvalue weighted by Crippen LogP contribution is 2.25. The second-order valence-corrected chi connectivity index (χ2v) is 4.18. The zero-order valence-electron chi connectivity index (χ0n) is 9.98.